The summed E-state index contributed by atoms with van der Waals surface area (Å²) >= 11 is 1.70. The van der Waals surface area contributed by atoms with Gasteiger partial charge in [-0.15, -0.1) is 11.3 Å². The van der Waals surface area contributed by atoms with Crippen molar-refractivity contribution in [2.45, 2.75) is 20.4 Å². The van der Waals surface area contributed by atoms with Crippen molar-refractivity contribution in [3.8, 4) is 0 Å². The fourth-order valence-electron chi connectivity index (χ4n) is 1.44. The van der Waals surface area contributed by atoms with Crippen molar-refractivity contribution in [2.24, 2.45) is 11.1 Å². The Morgan fingerprint density at radius 2 is 2.29 bits per heavy atom. The fraction of sp³-hybridized carbons (Fsp3) is 0.700. The van der Waals surface area contributed by atoms with E-state index in [0.29, 0.717) is 0 Å². The lowest BCUT2D eigenvalue weighted by Gasteiger charge is -2.28. The van der Waals surface area contributed by atoms with Crippen LogP contribution in [-0.4, -0.2) is 30.0 Å². The van der Waals surface area contributed by atoms with Crippen molar-refractivity contribution in [3.05, 3.63) is 16.6 Å². The van der Waals surface area contributed by atoms with Crippen molar-refractivity contribution in [2.75, 3.05) is 20.1 Å². The van der Waals surface area contributed by atoms with Gasteiger partial charge in [0.05, 0.1) is 5.51 Å². The molecule has 0 saturated heterocycles. The van der Waals surface area contributed by atoms with Crippen LogP contribution in [0.15, 0.2) is 11.7 Å². The minimum Gasteiger partial charge on any atom is -0.330 e. The Kier molecular flexibility index (Phi) is 4.04. The molecule has 0 aliphatic heterocycles. The molecule has 0 aromatic carbocycles. The Bertz CT molecular complexity index is 256. The van der Waals surface area contributed by atoms with Gasteiger partial charge in [-0.05, 0) is 19.0 Å². The van der Waals surface area contributed by atoms with Crippen molar-refractivity contribution < 1.29 is 0 Å². The summed E-state index contributed by atoms with van der Waals surface area (Å²) in [4.78, 5) is 7.66. The summed E-state index contributed by atoms with van der Waals surface area (Å²) in [5.41, 5.74) is 7.76. The summed E-state index contributed by atoms with van der Waals surface area (Å²) in [5.74, 6) is 0. The first-order chi connectivity index (χ1) is 6.53. The van der Waals surface area contributed by atoms with Gasteiger partial charge < -0.3 is 10.6 Å². The van der Waals surface area contributed by atoms with Crippen LogP contribution in [0.2, 0.25) is 0 Å². The van der Waals surface area contributed by atoms with E-state index in [4.69, 9.17) is 5.73 Å². The Balaban J connectivity index is 2.40. The van der Waals surface area contributed by atoms with Gasteiger partial charge in [-0.1, -0.05) is 13.8 Å². The molecule has 0 atom stereocenters. The molecule has 3 nitrogen and oxygen atoms in total. The molecule has 2 N–H and O–H groups in total. The highest BCUT2D eigenvalue weighted by atomic mass is 32.1. The summed E-state index contributed by atoms with van der Waals surface area (Å²) in [6.45, 7) is 7.09. The van der Waals surface area contributed by atoms with Gasteiger partial charge in [0, 0.05) is 24.2 Å². The Labute approximate surface area is 89.9 Å². The van der Waals surface area contributed by atoms with Crippen LogP contribution < -0.4 is 5.73 Å². The Morgan fingerprint density at radius 3 is 2.79 bits per heavy atom. The summed E-state index contributed by atoms with van der Waals surface area (Å²) < 4.78 is 0. The lowest BCUT2D eigenvalue weighted by atomic mass is 9.93. The third kappa shape index (κ3) is 3.74. The third-order valence-corrected chi connectivity index (χ3v) is 2.92. The summed E-state index contributed by atoms with van der Waals surface area (Å²) in [6, 6.07) is 0. The number of aromatic nitrogens is 1. The minimum absolute atomic E-state index is 0.194. The van der Waals surface area contributed by atoms with Gasteiger partial charge in [0.25, 0.3) is 0 Å². The summed E-state index contributed by atoms with van der Waals surface area (Å²) in [6.07, 6.45) is 1.93. The molecule has 1 rings (SSSR count). The van der Waals surface area contributed by atoms with Crippen molar-refractivity contribution >= 4 is 11.3 Å². The topological polar surface area (TPSA) is 42.2 Å². The van der Waals surface area contributed by atoms with Crippen molar-refractivity contribution in [1.82, 2.24) is 9.88 Å². The lowest BCUT2D eigenvalue weighted by molar-refractivity contribution is 0.211. The zero-order valence-electron chi connectivity index (χ0n) is 9.16. The molecule has 4 heteroatoms. The molecule has 1 aromatic rings. The number of hydrogen-bond donors (Lipinski definition) is 1. The second kappa shape index (κ2) is 4.87. The van der Waals surface area contributed by atoms with Crippen LogP contribution >= 0.6 is 11.3 Å². The van der Waals surface area contributed by atoms with E-state index in [1.807, 2.05) is 11.7 Å². The van der Waals surface area contributed by atoms with E-state index in [0.717, 1.165) is 19.6 Å². The molecule has 1 aromatic heterocycles. The predicted octanol–water partition coefficient (Wildman–Crippen LogP) is 1.56. The van der Waals surface area contributed by atoms with E-state index in [1.54, 1.807) is 11.3 Å². The molecule has 0 unspecified atom stereocenters. The molecule has 14 heavy (non-hydrogen) atoms. The number of nitrogens with two attached hydrogens (primary N) is 1. The van der Waals surface area contributed by atoms with E-state index >= 15 is 0 Å². The second-order valence-corrected chi connectivity index (χ2v) is 5.48. The van der Waals surface area contributed by atoms with Crippen LogP contribution in [0.3, 0.4) is 0 Å². The van der Waals surface area contributed by atoms with E-state index < -0.39 is 0 Å². The normalized spacial score (nSPS) is 12.4. The number of thiazole rings is 1. The largest absolute Gasteiger partial charge is 0.330 e. The maximum Gasteiger partial charge on any atom is 0.0794 e. The standard InChI is InChI=1S/C10H19N3S/c1-10(2,6-11)7-13(3)5-9-4-12-8-14-9/h4,8H,5-7,11H2,1-3H3. The molecule has 0 amide bonds. The second-order valence-electron chi connectivity index (χ2n) is 4.51. The lowest BCUT2D eigenvalue weighted by Crippen LogP contribution is -2.36. The van der Waals surface area contributed by atoms with Gasteiger partial charge in [-0.25, -0.2) is 0 Å². The first kappa shape index (κ1) is 11.6. The van der Waals surface area contributed by atoms with Gasteiger partial charge in [0.2, 0.25) is 0 Å². The van der Waals surface area contributed by atoms with Crippen LogP contribution in [0, 0.1) is 5.41 Å². The van der Waals surface area contributed by atoms with Gasteiger partial charge >= 0.3 is 0 Å². The molecule has 0 radical (unpaired) electrons. The van der Waals surface area contributed by atoms with Crippen LogP contribution in [0.25, 0.3) is 0 Å². The maximum absolute atomic E-state index is 5.69. The molecule has 0 aliphatic carbocycles. The fourth-order valence-corrected chi connectivity index (χ4v) is 2.11. The van der Waals surface area contributed by atoms with Crippen molar-refractivity contribution in [3.63, 3.8) is 0 Å². The average Bonchev–Trinajstić information content (AvgIpc) is 2.55. The average molecular weight is 213 g/mol. The highest BCUT2D eigenvalue weighted by Gasteiger charge is 2.18. The molecule has 0 aliphatic rings. The van der Waals surface area contributed by atoms with Gasteiger partial charge in [0.15, 0.2) is 0 Å². The van der Waals surface area contributed by atoms with Gasteiger partial charge in [0.1, 0.15) is 0 Å². The Hall–Kier alpha value is -0.450. The molecule has 0 spiro atoms. The van der Waals surface area contributed by atoms with Gasteiger partial charge in [-0.3, -0.25) is 4.98 Å². The first-order valence-corrected chi connectivity index (χ1v) is 5.67. The molecule has 0 bridgehead atoms. The predicted molar refractivity (Wildman–Crippen MR) is 61.3 cm³/mol. The highest BCUT2D eigenvalue weighted by molar-refractivity contribution is 7.09. The van der Waals surface area contributed by atoms with Crippen LogP contribution in [0.4, 0.5) is 0 Å². The molecule has 1 heterocycles. The van der Waals surface area contributed by atoms with Gasteiger partial charge in [-0.2, -0.15) is 0 Å². The number of hydrogen-bond acceptors (Lipinski definition) is 4. The molecular formula is C10H19N3S. The van der Waals surface area contributed by atoms with Crippen LogP contribution in [0.1, 0.15) is 18.7 Å². The Morgan fingerprint density at radius 1 is 1.57 bits per heavy atom. The zero-order valence-corrected chi connectivity index (χ0v) is 9.97. The highest BCUT2D eigenvalue weighted by Crippen LogP contribution is 2.16. The maximum atomic E-state index is 5.69. The summed E-state index contributed by atoms with van der Waals surface area (Å²) in [7, 11) is 2.12. The summed E-state index contributed by atoms with van der Waals surface area (Å²) in [5, 5.41) is 0. The first-order valence-electron chi connectivity index (χ1n) is 4.79. The van der Waals surface area contributed by atoms with E-state index in [9.17, 15) is 0 Å². The van der Waals surface area contributed by atoms with E-state index in [2.05, 4.69) is 30.8 Å². The SMILES string of the molecule is CN(Cc1cncs1)CC(C)(C)CN. The van der Waals surface area contributed by atoms with Crippen molar-refractivity contribution in [1.29, 1.82) is 0 Å². The van der Waals surface area contributed by atoms with E-state index in [-0.39, 0.29) is 5.41 Å². The molecule has 80 valence electrons. The molecule has 0 fully saturated rings. The smallest absolute Gasteiger partial charge is 0.0794 e. The molecule has 0 saturated carbocycles. The van der Waals surface area contributed by atoms with Crippen LogP contribution in [-0.2, 0) is 6.54 Å². The van der Waals surface area contributed by atoms with E-state index in [1.165, 1.54) is 4.88 Å². The quantitative estimate of drug-likeness (QED) is 0.807. The minimum atomic E-state index is 0.194. The number of rotatable bonds is 5. The monoisotopic (exact) mass is 213 g/mol. The third-order valence-electron chi connectivity index (χ3n) is 2.16. The zero-order chi connectivity index (χ0) is 10.6. The molecular weight excluding hydrogens is 194 g/mol. The number of nitrogens with zero attached hydrogens (tertiary/aromatic N) is 2. The van der Waals surface area contributed by atoms with Crippen LogP contribution in [0.5, 0.6) is 0 Å².